The molecule has 0 aliphatic heterocycles. The fourth-order valence-corrected chi connectivity index (χ4v) is 1.51. The molecular weight excluding hydrogens is 186 g/mol. The quantitative estimate of drug-likeness (QED) is 0.743. The van der Waals surface area contributed by atoms with E-state index in [1.165, 1.54) is 0 Å². The maximum atomic E-state index is 4.52. The fraction of sp³-hybridized carbons (Fsp3) is 0.250. The standard InChI is InChI=1S/C12H15N3/c1-10-9-12(14(2)3)13-15(10)11-7-5-4-6-8-11/h4-9H,1-3H3. The molecule has 0 fully saturated rings. The average molecular weight is 201 g/mol. The van der Waals surface area contributed by atoms with Crippen molar-refractivity contribution in [1.29, 1.82) is 0 Å². The molecule has 0 bridgehead atoms. The van der Waals surface area contributed by atoms with Crippen molar-refractivity contribution in [3.05, 3.63) is 42.1 Å². The minimum absolute atomic E-state index is 0.983. The summed E-state index contributed by atoms with van der Waals surface area (Å²) in [6.07, 6.45) is 0. The lowest BCUT2D eigenvalue weighted by molar-refractivity contribution is 0.837. The van der Waals surface area contributed by atoms with E-state index >= 15 is 0 Å². The minimum atomic E-state index is 0.983. The number of rotatable bonds is 2. The summed E-state index contributed by atoms with van der Waals surface area (Å²) in [7, 11) is 3.99. The van der Waals surface area contributed by atoms with E-state index in [2.05, 4.69) is 30.2 Å². The topological polar surface area (TPSA) is 21.1 Å². The van der Waals surface area contributed by atoms with Crippen LogP contribution in [0, 0.1) is 6.92 Å². The van der Waals surface area contributed by atoms with E-state index in [1.54, 1.807) is 0 Å². The number of benzene rings is 1. The number of anilines is 1. The second kappa shape index (κ2) is 3.77. The van der Waals surface area contributed by atoms with Crippen LogP contribution in [0.5, 0.6) is 0 Å². The van der Waals surface area contributed by atoms with Crippen LogP contribution in [0.1, 0.15) is 5.69 Å². The van der Waals surface area contributed by atoms with Gasteiger partial charge in [-0.2, -0.15) is 5.10 Å². The first-order valence-corrected chi connectivity index (χ1v) is 4.98. The summed E-state index contributed by atoms with van der Waals surface area (Å²) in [5.74, 6) is 0.983. The van der Waals surface area contributed by atoms with Gasteiger partial charge < -0.3 is 4.90 Å². The smallest absolute Gasteiger partial charge is 0.150 e. The molecule has 3 nitrogen and oxygen atoms in total. The Balaban J connectivity index is 2.45. The van der Waals surface area contributed by atoms with Gasteiger partial charge in [0.25, 0.3) is 0 Å². The summed E-state index contributed by atoms with van der Waals surface area (Å²) in [4.78, 5) is 2.01. The molecule has 0 aliphatic carbocycles. The van der Waals surface area contributed by atoms with E-state index in [0.29, 0.717) is 0 Å². The van der Waals surface area contributed by atoms with Gasteiger partial charge in [-0.1, -0.05) is 18.2 Å². The Morgan fingerprint density at radius 3 is 2.33 bits per heavy atom. The van der Waals surface area contributed by atoms with Crippen molar-refractivity contribution in [2.24, 2.45) is 0 Å². The lowest BCUT2D eigenvalue weighted by atomic mass is 10.3. The van der Waals surface area contributed by atoms with Gasteiger partial charge in [0.2, 0.25) is 0 Å². The highest BCUT2D eigenvalue weighted by Gasteiger charge is 2.06. The Hall–Kier alpha value is -1.77. The van der Waals surface area contributed by atoms with Crippen molar-refractivity contribution in [2.75, 3.05) is 19.0 Å². The van der Waals surface area contributed by atoms with Crippen molar-refractivity contribution in [3.8, 4) is 5.69 Å². The third kappa shape index (κ3) is 1.86. The van der Waals surface area contributed by atoms with Gasteiger partial charge in [-0.05, 0) is 19.1 Å². The summed E-state index contributed by atoms with van der Waals surface area (Å²) >= 11 is 0. The number of hydrogen-bond acceptors (Lipinski definition) is 2. The first-order valence-electron chi connectivity index (χ1n) is 4.98. The van der Waals surface area contributed by atoms with Gasteiger partial charge in [-0.15, -0.1) is 0 Å². The van der Waals surface area contributed by atoms with Gasteiger partial charge in [0.15, 0.2) is 5.82 Å². The van der Waals surface area contributed by atoms with Gasteiger partial charge >= 0.3 is 0 Å². The van der Waals surface area contributed by atoms with Crippen LogP contribution in [-0.4, -0.2) is 23.9 Å². The van der Waals surface area contributed by atoms with Crippen LogP contribution >= 0.6 is 0 Å². The molecule has 78 valence electrons. The number of aryl methyl sites for hydroxylation is 1. The van der Waals surface area contributed by atoms with Crippen LogP contribution in [0.3, 0.4) is 0 Å². The summed E-state index contributed by atoms with van der Waals surface area (Å²) in [6.45, 7) is 2.06. The summed E-state index contributed by atoms with van der Waals surface area (Å²) in [5, 5.41) is 4.52. The Bertz CT molecular complexity index is 443. The number of nitrogens with zero attached hydrogens (tertiary/aromatic N) is 3. The highest BCUT2D eigenvalue weighted by atomic mass is 15.3. The molecule has 1 aromatic carbocycles. The fourth-order valence-electron chi connectivity index (χ4n) is 1.51. The second-order valence-electron chi connectivity index (χ2n) is 3.79. The molecule has 0 radical (unpaired) electrons. The first kappa shape index (κ1) is 9.77. The van der Waals surface area contributed by atoms with Gasteiger partial charge in [-0.3, -0.25) is 0 Å². The molecule has 0 atom stereocenters. The molecule has 1 aromatic heterocycles. The van der Waals surface area contributed by atoms with Crippen molar-refractivity contribution in [3.63, 3.8) is 0 Å². The van der Waals surface area contributed by atoms with Crippen LogP contribution in [0.2, 0.25) is 0 Å². The molecular formula is C12H15N3. The highest BCUT2D eigenvalue weighted by molar-refractivity contribution is 5.42. The molecule has 0 N–H and O–H groups in total. The first-order chi connectivity index (χ1) is 7.18. The normalized spacial score (nSPS) is 10.3. The zero-order valence-electron chi connectivity index (χ0n) is 9.31. The molecule has 3 heteroatoms. The maximum Gasteiger partial charge on any atom is 0.150 e. The molecule has 1 heterocycles. The Morgan fingerprint density at radius 1 is 1.13 bits per heavy atom. The summed E-state index contributed by atoms with van der Waals surface area (Å²) in [6, 6.07) is 12.2. The summed E-state index contributed by atoms with van der Waals surface area (Å²) in [5.41, 5.74) is 2.24. The third-order valence-corrected chi connectivity index (χ3v) is 2.33. The maximum absolute atomic E-state index is 4.52. The lowest BCUT2D eigenvalue weighted by Gasteiger charge is -2.07. The van der Waals surface area contributed by atoms with E-state index < -0.39 is 0 Å². The number of para-hydroxylation sites is 1. The van der Waals surface area contributed by atoms with Crippen molar-refractivity contribution in [2.45, 2.75) is 6.92 Å². The van der Waals surface area contributed by atoms with Crippen molar-refractivity contribution < 1.29 is 0 Å². The van der Waals surface area contributed by atoms with Gasteiger partial charge in [0.1, 0.15) is 0 Å². The third-order valence-electron chi connectivity index (χ3n) is 2.33. The van der Waals surface area contributed by atoms with Gasteiger partial charge in [0.05, 0.1) is 5.69 Å². The zero-order valence-corrected chi connectivity index (χ0v) is 9.31. The van der Waals surface area contributed by atoms with Crippen LogP contribution in [0.25, 0.3) is 5.69 Å². The van der Waals surface area contributed by atoms with E-state index in [4.69, 9.17) is 0 Å². The van der Waals surface area contributed by atoms with E-state index in [1.807, 2.05) is 41.9 Å². The van der Waals surface area contributed by atoms with Crippen LogP contribution in [0.15, 0.2) is 36.4 Å². The predicted octanol–water partition coefficient (Wildman–Crippen LogP) is 2.25. The molecule has 0 spiro atoms. The average Bonchev–Trinajstić information content (AvgIpc) is 2.62. The molecule has 0 aliphatic rings. The highest BCUT2D eigenvalue weighted by Crippen LogP contribution is 2.15. The molecule has 0 amide bonds. The minimum Gasteiger partial charge on any atom is -0.361 e. The lowest BCUT2D eigenvalue weighted by Crippen LogP contribution is -2.09. The molecule has 0 unspecified atom stereocenters. The van der Waals surface area contributed by atoms with E-state index in [0.717, 1.165) is 17.2 Å². The number of hydrogen-bond donors (Lipinski definition) is 0. The van der Waals surface area contributed by atoms with Crippen molar-refractivity contribution >= 4 is 5.82 Å². The molecule has 2 aromatic rings. The summed E-state index contributed by atoms with van der Waals surface area (Å²) < 4.78 is 1.95. The molecule has 0 saturated carbocycles. The Labute approximate surface area is 90.0 Å². The van der Waals surface area contributed by atoms with Gasteiger partial charge in [-0.25, -0.2) is 4.68 Å². The number of aromatic nitrogens is 2. The van der Waals surface area contributed by atoms with Gasteiger partial charge in [0, 0.05) is 25.9 Å². The molecule has 2 rings (SSSR count). The van der Waals surface area contributed by atoms with Crippen LogP contribution < -0.4 is 4.90 Å². The zero-order chi connectivity index (χ0) is 10.8. The molecule has 15 heavy (non-hydrogen) atoms. The van der Waals surface area contributed by atoms with E-state index in [-0.39, 0.29) is 0 Å². The molecule has 0 saturated heterocycles. The largest absolute Gasteiger partial charge is 0.361 e. The second-order valence-corrected chi connectivity index (χ2v) is 3.79. The predicted molar refractivity (Wildman–Crippen MR) is 62.6 cm³/mol. The van der Waals surface area contributed by atoms with Crippen LogP contribution in [0.4, 0.5) is 5.82 Å². The van der Waals surface area contributed by atoms with Crippen LogP contribution in [-0.2, 0) is 0 Å². The Morgan fingerprint density at radius 2 is 1.80 bits per heavy atom. The monoisotopic (exact) mass is 201 g/mol. The van der Waals surface area contributed by atoms with Crippen molar-refractivity contribution in [1.82, 2.24) is 9.78 Å². The van der Waals surface area contributed by atoms with E-state index in [9.17, 15) is 0 Å². The SMILES string of the molecule is Cc1cc(N(C)C)nn1-c1ccccc1. The Kier molecular flexibility index (Phi) is 2.46.